The number of nitrogens with zero attached hydrogens (tertiary/aromatic N) is 3. The first-order valence-corrected chi connectivity index (χ1v) is 6.40. The number of hydrogen-bond donors (Lipinski definition) is 1. The summed E-state index contributed by atoms with van der Waals surface area (Å²) >= 11 is 5.93. The topological polar surface area (TPSA) is 83.0 Å². The summed E-state index contributed by atoms with van der Waals surface area (Å²) in [6.45, 7) is 3.73. The van der Waals surface area contributed by atoms with Gasteiger partial charge >= 0.3 is 5.97 Å². The molecule has 2 rings (SSSR count). The van der Waals surface area contributed by atoms with Crippen LogP contribution in [0.25, 0.3) is 0 Å². The number of ether oxygens (including phenoxy) is 1. The Morgan fingerprint density at radius 3 is 2.85 bits per heavy atom. The van der Waals surface area contributed by atoms with Crippen LogP contribution in [0.2, 0.25) is 5.02 Å². The molecule has 0 spiro atoms. The van der Waals surface area contributed by atoms with Crippen molar-refractivity contribution in [1.29, 1.82) is 0 Å². The number of anilines is 1. The molecule has 7 heteroatoms. The Hall–Kier alpha value is -2.08. The first-order valence-electron chi connectivity index (χ1n) is 6.02. The van der Waals surface area contributed by atoms with Crippen molar-refractivity contribution in [1.82, 2.24) is 14.8 Å². The third-order valence-corrected chi connectivity index (χ3v) is 3.30. The zero-order valence-electron chi connectivity index (χ0n) is 11.3. The molecule has 2 aromatic rings. The van der Waals surface area contributed by atoms with Crippen LogP contribution in [0.3, 0.4) is 0 Å². The third-order valence-electron chi connectivity index (χ3n) is 2.96. The van der Waals surface area contributed by atoms with Crippen LogP contribution in [-0.4, -0.2) is 20.7 Å². The predicted octanol–water partition coefficient (Wildman–Crippen LogP) is 1.87. The Labute approximate surface area is 121 Å². The molecule has 0 fully saturated rings. The minimum Gasteiger partial charge on any atom is -0.459 e. The molecule has 20 heavy (non-hydrogen) atoms. The van der Waals surface area contributed by atoms with Crippen LogP contribution >= 0.6 is 11.6 Å². The number of pyridine rings is 1. The van der Waals surface area contributed by atoms with Gasteiger partial charge in [-0.2, -0.15) is 5.10 Å². The number of nitrogens with two attached hydrogens (primary N) is 1. The van der Waals surface area contributed by atoms with Crippen molar-refractivity contribution in [2.24, 2.45) is 0 Å². The van der Waals surface area contributed by atoms with E-state index in [9.17, 15) is 4.79 Å². The number of carbonyl (C=O) groups is 1. The van der Waals surface area contributed by atoms with Gasteiger partial charge in [0.2, 0.25) is 0 Å². The lowest BCUT2D eigenvalue weighted by Gasteiger charge is -2.07. The van der Waals surface area contributed by atoms with Gasteiger partial charge in [0, 0.05) is 18.0 Å². The zero-order valence-corrected chi connectivity index (χ0v) is 12.0. The van der Waals surface area contributed by atoms with Crippen LogP contribution < -0.4 is 5.73 Å². The molecule has 0 aromatic carbocycles. The monoisotopic (exact) mass is 294 g/mol. The van der Waals surface area contributed by atoms with Gasteiger partial charge in [-0.15, -0.1) is 0 Å². The van der Waals surface area contributed by atoms with Gasteiger partial charge in [0.15, 0.2) is 0 Å². The molecule has 0 saturated carbocycles. The van der Waals surface area contributed by atoms with Crippen molar-refractivity contribution in [2.45, 2.75) is 27.0 Å². The molecule has 0 bridgehead atoms. The predicted molar refractivity (Wildman–Crippen MR) is 75.2 cm³/mol. The van der Waals surface area contributed by atoms with E-state index in [0.717, 1.165) is 5.69 Å². The highest BCUT2D eigenvalue weighted by atomic mass is 35.5. The van der Waals surface area contributed by atoms with Gasteiger partial charge in [-0.3, -0.25) is 14.5 Å². The minimum atomic E-state index is -0.400. The third kappa shape index (κ3) is 3.08. The zero-order chi connectivity index (χ0) is 14.7. The molecule has 0 unspecified atom stereocenters. The average Bonchev–Trinajstić information content (AvgIpc) is 2.65. The van der Waals surface area contributed by atoms with E-state index < -0.39 is 5.97 Å². The molecule has 0 aliphatic rings. The van der Waals surface area contributed by atoms with E-state index >= 15 is 0 Å². The summed E-state index contributed by atoms with van der Waals surface area (Å²) in [5.74, 6) is -0.400. The second kappa shape index (κ2) is 5.92. The van der Waals surface area contributed by atoms with Crippen LogP contribution in [0, 0.1) is 13.8 Å². The number of esters is 1. The first kappa shape index (κ1) is 14.3. The number of hydrogen-bond acceptors (Lipinski definition) is 5. The molecule has 0 radical (unpaired) electrons. The van der Waals surface area contributed by atoms with Crippen molar-refractivity contribution in [3.8, 4) is 0 Å². The lowest BCUT2D eigenvalue weighted by atomic mass is 10.3. The maximum atomic E-state index is 11.8. The molecular weight excluding hydrogens is 280 g/mol. The van der Waals surface area contributed by atoms with Gasteiger partial charge in [0.25, 0.3) is 0 Å². The molecule has 106 valence electrons. The van der Waals surface area contributed by atoms with E-state index in [-0.39, 0.29) is 13.2 Å². The van der Waals surface area contributed by atoms with Crippen LogP contribution in [0.1, 0.15) is 17.0 Å². The Morgan fingerprint density at radius 2 is 2.25 bits per heavy atom. The molecule has 2 aromatic heterocycles. The number of aromatic nitrogens is 3. The molecule has 6 nitrogen and oxygen atoms in total. The smallest absolute Gasteiger partial charge is 0.328 e. The van der Waals surface area contributed by atoms with Crippen LogP contribution in [-0.2, 0) is 22.7 Å². The van der Waals surface area contributed by atoms with Crippen molar-refractivity contribution in [3.05, 3.63) is 40.4 Å². The SMILES string of the molecule is Cc1nn(CC(=O)OCc2ccncc2Cl)c(C)c1N. The molecule has 2 heterocycles. The molecule has 0 saturated heterocycles. The number of aryl methyl sites for hydroxylation is 1. The van der Waals surface area contributed by atoms with Gasteiger partial charge in [0.05, 0.1) is 22.1 Å². The normalized spacial score (nSPS) is 10.6. The number of carbonyl (C=O) groups excluding carboxylic acids is 1. The maximum absolute atomic E-state index is 11.8. The summed E-state index contributed by atoms with van der Waals surface area (Å²) < 4.78 is 6.69. The van der Waals surface area contributed by atoms with Gasteiger partial charge in [0.1, 0.15) is 13.2 Å². The Kier molecular flexibility index (Phi) is 4.24. The number of halogens is 1. The van der Waals surface area contributed by atoms with E-state index in [2.05, 4.69) is 10.1 Å². The quantitative estimate of drug-likeness (QED) is 0.870. The number of rotatable bonds is 4. The van der Waals surface area contributed by atoms with Crippen molar-refractivity contribution in [2.75, 3.05) is 5.73 Å². The van der Waals surface area contributed by atoms with E-state index in [0.29, 0.717) is 22.0 Å². The number of nitrogen functional groups attached to an aromatic ring is 1. The standard InChI is InChI=1S/C13H15ClN4O2/c1-8-13(15)9(2)18(17-8)6-12(19)20-7-10-3-4-16-5-11(10)14/h3-5H,6-7,15H2,1-2H3. The van der Waals surface area contributed by atoms with Crippen LogP contribution in [0.15, 0.2) is 18.5 Å². The molecule has 0 aliphatic carbocycles. The van der Waals surface area contributed by atoms with Crippen LogP contribution in [0.5, 0.6) is 0 Å². The second-order valence-electron chi connectivity index (χ2n) is 4.37. The second-order valence-corrected chi connectivity index (χ2v) is 4.78. The van der Waals surface area contributed by atoms with Gasteiger partial charge < -0.3 is 10.5 Å². The molecule has 2 N–H and O–H groups in total. The highest BCUT2D eigenvalue weighted by Crippen LogP contribution is 2.16. The van der Waals surface area contributed by atoms with Gasteiger partial charge in [-0.25, -0.2) is 0 Å². The van der Waals surface area contributed by atoms with E-state index in [1.807, 2.05) is 6.92 Å². The van der Waals surface area contributed by atoms with Crippen molar-refractivity contribution >= 4 is 23.3 Å². The summed E-state index contributed by atoms with van der Waals surface area (Å²) in [5, 5.41) is 4.65. The average molecular weight is 295 g/mol. The maximum Gasteiger partial charge on any atom is 0.328 e. The molecule has 0 atom stereocenters. The summed E-state index contributed by atoms with van der Waals surface area (Å²) in [7, 11) is 0. The highest BCUT2D eigenvalue weighted by Gasteiger charge is 2.12. The van der Waals surface area contributed by atoms with Crippen molar-refractivity contribution < 1.29 is 9.53 Å². The first-order chi connectivity index (χ1) is 9.49. The fourth-order valence-corrected chi connectivity index (χ4v) is 1.89. The summed E-state index contributed by atoms with van der Waals surface area (Å²) in [6, 6.07) is 1.71. The summed E-state index contributed by atoms with van der Waals surface area (Å²) in [4.78, 5) is 15.7. The lowest BCUT2D eigenvalue weighted by molar-refractivity contribution is -0.145. The summed E-state index contributed by atoms with van der Waals surface area (Å²) in [5.41, 5.74) is 8.56. The van der Waals surface area contributed by atoms with E-state index in [1.54, 1.807) is 19.2 Å². The van der Waals surface area contributed by atoms with Crippen LogP contribution in [0.4, 0.5) is 5.69 Å². The van der Waals surface area contributed by atoms with E-state index in [1.165, 1.54) is 10.9 Å². The fraction of sp³-hybridized carbons (Fsp3) is 0.308. The van der Waals surface area contributed by atoms with Crippen molar-refractivity contribution in [3.63, 3.8) is 0 Å². The van der Waals surface area contributed by atoms with Gasteiger partial charge in [-0.1, -0.05) is 11.6 Å². The van der Waals surface area contributed by atoms with E-state index in [4.69, 9.17) is 22.1 Å². The van der Waals surface area contributed by atoms with Gasteiger partial charge in [-0.05, 0) is 19.9 Å². The summed E-state index contributed by atoms with van der Waals surface area (Å²) in [6.07, 6.45) is 3.10. The Bertz CT molecular complexity index is 639. The molecular formula is C13H15ClN4O2. The molecule has 0 aliphatic heterocycles. The minimum absolute atomic E-state index is 0.0204. The Balaban J connectivity index is 1.96. The lowest BCUT2D eigenvalue weighted by Crippen LogP contribution is -2.16. The Morgan fingerprint density at radius 1 is 1.50 bits per heavy atom. The molecule has 0 amide bonds. The highest BCUT2D eigenvalue weighted by molar-refractivity contribution is 6.31. The largest absolute Gasteiger partial charge is 0.459 e. The fourth-order valence-electron chi connectivity index (χ4n) is 1.71.